The normalized spacial score (nSPS) is 10.1. The van der Waals surface area contributed by atoms with Crippen molar-refractivity contribution in [2.24, 2.45) is 0 Å². The van der Waals surface area contributed by atoms with Crippen molar-refractivity contribution in [3.05, 3.63) is 12.7 Å². The fraction of sp³-hybridized carbons (Fsp3) is 0.500. The van der Waals surface area contributed by atoms with E-state index in [1.807, 2.05) is 0 Å². The number of ether oxygens (including phenoxy) is 1. The van der Waals surface area contributed by atoms with Crippen molar-refractivity contribution in [3.8, 4) is 0 Å². The second kappa shape index (κ2) is 8.90. The fourth-order valence-electron chi connectivity index (χ4n) is 0.964. The molecule has 6 nitrogen and oxygen atoms in total. The fourth-order valence-corrected chi connectivity index (χ4v) is 2.57. The third-order valence-corrected chi connectivity index (χ3v) is 3.77. The van der Waals surface area contributed by atoms with Gasteiger partial charge in [-0.3, -0.25) is 4.79 Å². The molecule has 0 spiro atoms. The Morgan fingerprint density at radius 3 is 3.17 bits per heavy atom. The van der Waals surface area contributed by atoms with Crippen LogP contribution in [0.25, 0.3) is 0 Å². The maximum Gasteiger partial charge on any atom is 0.230 e. The number of nitrogens with one attached hydrogen (secondary N) is 2. The topological polar surface area (TPSA) is 76.1 Å². The molecule has 0 saturated carbocycles. The second-order valence-electron chi connectivity index (χ2n) is 3.17. The summed E-state index contributed by atoms with van der Waals surface area (Å²) >= 11 is 2.79. The third-order valence-electron chi connectivity index (χ3n) is 1.76. The van der Waals surface area contributed by atoms with Crippen LogP contribution >= 0.6 is 23.1 Å². The molecule has 1 rings (SSSR count). The number of amides is 1. The number of methoxy groups -OCH3 is 1. The molecule has 1 aromatic rings. The van der Waals surface area contributed by atoms with E-state index < -0.39 is 0 Å². The van der Waals surface area contributed by atoms with E-state index in [2.05, 4.69) is 27.4 Å². The van der Waals surface area contributed by atoms with E-state index in [1.54, 1.807) is 13.2 Å². The van der Waals surface area contributed by atoms with Crippen molar-refractivity contribution in [1.29, 1.82) is 0 Å². The number of aromatic nitrogens is 2. The van der Waals surface area contributed by atoms with Crippen LogP contribution < -0.4 is 10.6 Å². The van der Waals surface area contributed by atoms with E-state index in [-0.39, 0.29) is 5.91 Å². The van der Waals surface area contributed by atoms with Crippen molar-refractivity contribution >= 4 is 34.1 Å². The second-order valence-corrected chi connectivity index (χ2v) is 5.37. The van der Waals surface area contributed by atoms with Crippen LogP contribution in [0.4, 0.5) is 5.13 Å². The number of thioether (sulfide) groups is 1. The molecular formula is C10H16N4O2S2. The van der Waals surface area contributed by atoms with Gasteiger partial charge >= 0.3 is 0 Å². The lowest BCUT2D eigenvalue weighted by Gasteiger charge is -1.99. The first-order chi connectivity index (χ1) is 8.76. The van der Waals surface area contributed by atoms with Gasteiger partial charge in [-0.2, -0.15) is 0 Å². The van der Waals surface area contributed by atoms with Gasteiger partial charge in [-0.25, -0.2) is 0 Å². The summed E-state index contributed by atoms with van der Waals surface area (Å²) in [6.45, 7) is 5.32. The Morgan fingerprint density at radius 1 is 1.61 bits per heavy atom. The highest BCUT2D eigenvalue weighted by Gasteiger charge is 2.07. The van der Waals surface area contributed by atoms with Crippen LogP contribution in [0.2, 0.25) is 0 Å². The smallest absolute Gasteiger partial charge is 0.230 e. The summed E-state index contributed by atoms with van der Waals surface area (Å²) in [4.78, 5) is 11.3. The van der Waals surface area contributed by atoms with Gasteiger partial charge in [-0.1, -0.05) is 29.2 Å². The van der Waals surface area contributed by atoms with Gasteiger partial charge in [0.1, 0.15) is 0 Å². The van der Waals surface area contributed by atoms with Crippen molar-refractivity contribution < 1.29 is 9.53 Å². The number of rotatable bonds is 9. The minimum Gasteiger partial charge on any atom is -0.383 e. The van der Waals surface area contributed by atoms with Crippen molar-refractivity contribution in [3.63, 3.8) is 0 Å². The van der Waals surface area contributed by atoms with Gasteiger partial charge in [0.25, 0.3) is 0 Å². The van der Waals surface area contributed by atoms with Gasteiger partial charge in [-0.15, -0.1) is 16.8 Å². The number of anilines is 1. The Kier molecular flexibility index (Phi) is 7.38. The summed E-state index contributed by atoms with van der Waals surface area (Å²) in [6.07, 6.45) is 1.64. The van der Waals surface area contributed by atoms with E-state index in [0.717, 1.165) is 9.47 Å². The zero-order chi connectivity index (χ0) is 13.2. The Labute approximate surface area is 114 Å². The van der Waals surface area contributed by atoms with E-state index in [1.165, 1.54) is 23.1 Å². The largest absolute Gasteiger partial charge is 0.383 e. The molecule has 0 unspecified atom stereocenters. The summed E-state index contributed by atoms with van der Waals surface area (Å²) in [6, 6.07) is 0. The predicted molar refractivity (Wildman–Crippen MR) is 74.2 cm³/mol. The minimum atomic E-state index is -0.0380. The molecule has 100 valence electrons. The van der Waals surface area contributed by atoms with Crippen LogP contribution in [-0.2, 0) is 9.53 Å². The van der Waals surface area contributed by atoms with E-state index in [0.29, 0.717) is 25.4 Å². The molecule has 1 amide bonds. The molecule has 0 radical (unpaired) electrons. The van der Waals surface area contributed by atoms with Crippen LogP contribution in [-0.4, -0.2) is 48.7 Å². The van der Waals surface area contributed by atoms with Crippen LogP contribution in [0.5, 0.6) is 0 Å². The Morgan fingerprint density at radius 2 is 2.44 bits per heavy atom. The molecule has 1 heterocycles. The molecule has 18 heavy (non-hydrogen) atoms. The first kappa shape index (κ1) is 14.9. The van der Waals surface area contributed by atoms with Gasteiger partial charge in [0, 0.05) is 20.2 Å². The van der Waals surface area contributed by atoms with E-state index >= 15 is 0 Å². The average molecular weight is 288 g/mol. The Balaban J connectivity index is 2.26. The SMILES string of the molecule is C=CCNC(=O)CSc1nnc(NCCOC)s1. The average Bonchev–Trinajstić information content (AvgIpc) is 2.82. The summed E-state index contributed by atoms with van der Waals surface area (Å²) in [5.41, 5.74) is 0. The third kappa shape index (κ3) is 5.99. The predicted octanol–water partition coefficient (Wildman–Crippen LogP) is 0.991. The van der Waals surface area contributed by atoms with Crippen molar-refractivity contribution in [1.82, 2.24) is 15.5 Å². The monoisotopic (exact) mass is 288 g/mol. The molecule has 0 atom stereocenters. The van der Waals surface area contributed by atoms with Crippen LogP contribution in [0.1, 0.15) is 0 Å². The quantitative estimate of drug-likeness (QED) is 0.401. The molecule has 0 aliphatic rings. The number of hydrogen-bond donors (Lipinski definition) is 2. The lowest BCUT2D eigenvalue weighted by atomic mass is 10.6. The van der Waals surface area contributed by atoms with E-state index in [9.17, 15) is 4.79 Å². The van der Waals surface area contributed by atoms with Gasteiger partial charge in [-0.05, 0) is 0 Å². The molecule has 0 aliphatic heterocycles. The molecule has 0 aromatic carbocycles. The number of carbonyl (C=O) groups excluding carboxylic acids is 1. The number of nitrogens with zero attached hydrogens (tertiary/aromatic N) is 2. The molecular weight excluding hydrogens is 272 g/mol. The standard InChI is InChI=1S/C10H16N4O2S2/c1-3-4-11-8(15)7-17-10-14-13-9(18-10)12-5-6-16-2/h3H,1,4-7H2,2H3,(H,11,15)(H,12,13). The molecule has 0 fully saturated rings. The summed E-state index contributed by atoms with van der Waals surface area (Å²) < 4.78 is 5.68. The molecule has 0 bridgehead atoms. The maximum atomic E-state index is 11.3. The number of carbonyl (C=O) groups is 1. The molecule has 0 aliphatic carbocycles. The molecule has 1 aromatic heterocycles. The summed E-state index contributed by atoms with van der Waals surface area (Å²) in [5, 5.41) is 14.5. The first-order valence-corrected chi connectivity index (χ1v) is 7.13. The Bertz CT molecular complexity index is 384. The highest BCUT2D eigenvalue weighted by atomic mass is 32.2. The van der Waals surface area contributed by atoms with Gasteiger partial charge in [0.05, 0.1) is 12.4 Å². The lowest BCUT2D eigenvalue weighted by molar-refractivity contribution is -0.118. The zero-order valence-corrected chi connectivity index (χ0v) is 11.8. The number of hydrogen-bond acceptors (Lipinski definition) is 7. The van der Waals surface area contributed by atoms with E-state index in [4.69, 9.17) is 4.74 Å². The van der Waals surface area contributed by atoms with Crippen LogP contribution in [0.15, 0.2) is 17.0 Å². The zero-order valence-electron chi connectivity index (χ0n) is 10.1. The summed E-state index contributed by atoms with van der Waals surface area (Å²) in [5.74, 6) is 0.296. The highest BCUT2D eigenvalue weighted by molar-refractivity contribution is 8.01. The maximum absolute atomic E-state index is 11.3. The Hall–Kier alpha value is -1.12. The van der Waals surface area contributed by atoms with Gasteiger partial charge in [0.2, 0.25) is 11.0 Å². The van der Waals surface area contributed by atoms with Gasteiger partial charge in [0.15, 0.2) is 4.34 Å². The minimum absolute atomic E-state index is 0.0380. The van der Waals surface area contributed by atoms with Crippen LogP contribution in [0.3, 0.4) is 0 Å². The first-order valence-electron chi connectivity index (χ1n) is 5.33. The van der Waals surface area contributed by atoms with Crippen molar-refractivity contribution in [2.45, 2.75) is 4.34 Å². The van der Waals surface area contributed by atoms with Gasteiger partial charge < -0.3 is 15.4 Å². The van der Waals surface area contributed by atoms with Crippen LogP contribution in [0, 0.1) is 0 Å². The molecule has 8 heteroatoms. The molecule has 0 saturated heterocycles. The lowest BCUT2D eigenvalue weighted by Crippen LogP contribution is -2.24. The summed E-state index contributed by atoms with van der Waals surface area (Å²) in [7, 11) is 1.64. The van der Waals surface area contributed by atoms with Crippen molar-refractivity contribution in [2.75, 3.05) is 37.9 Å². The highest BCUT2D eigenvalue weighted by Crippen LogP contribution is 2.24. The molecule has 2 N–H and O–H groups in total.